The first-order chi connectivity index (χ1) is 10.0. The first-order valence-corrected chi connectivity index (χ1v) is 7.23. The molecule has 0 spiro atoms. The molecule has 1 aromatic carbocycles. The molecule has 0 amide bonds. The van der Waals surface area contributed by atoms with E-state index in [1.165, 1.54) is 18.6 Å². The van der Waals surface area contributed by atoms with Crippen molar-refractivity contribution in [1.29, 1.82) is 0 Å². The quantitative estimate of drug-likeness (QED) is 0.288. The predicted molar refractivity (Wildman–Crippen MR) is 78.7 cm³/mol. The number of nitrogens with two attached hydrogens (primary N) is 1. The fourth-order valence-corrected chi connectivity index (χ4v) is 2.81. The Morgan fingerprint density at radius 3 is 2.71 bits per heavy atom. The Morgan fingerprint density at radius 2 is 2.05 bits per heavy atom. The first-order valence-electron chi connectivity index (χ1n) is 7.23. The lowest BCUT2D eigenvalue weighted by atomic mass is 9.85. The molecule has 6 heteroatoms. The van der Waals surface area contributed by atoms with Gasteiger partial charge in [-0.05, 0) is 30.5 Å². The van der Waals surface area contributed by atoms with E-state index in [-0.39, 0.29) is 5.84 Å². The number of amidine groups is 1. The fourth-order valence-electron chi connectivity index (χ4n) is 2.81. The molecule has 1 aliphatic rings. The van der Waals surface area contributed by atoms with E-state index in [9.17, 15) is 9.50 Å². The molecule has 0 bridgehead atoms. The topological polar surface area (TPSA) is 90.9 Å². The molecule has 21 heavy (non-hydrogen) atoms. The number of oxime groups is 1. The Morgan fingerprint density at radius 1 is 1.33 bits per heavy atom. The summed E-state index contributed by atoms with van der Waals surface area (Å²) in [6.07, 6.45) is 4.87. The molecule has 2 rings (SSSR count). The van der Waals surface area contributed by atoms with Gasteiger partial charge < -0.3 is 21.4 Å². The summed E-state index contributed by atoms with van der Waals surface area (Å²) in [5, 5.41) is 25.3. The highest BCUT2D eigenvalue weighted by atomic mass is 19.1. The van der Waals surface area contributed by atoms with E-state index < -0.39 is 11.4 Å². The molecule has 0 heterocycles. The maximum absolute atomic E-state index is 13.3. The molecule has 5 nitrogen and oxygen atoms in total. The van der Waals surface area contributed by atoms with Gasteiger partial charge in [-0.2, -0.15) is 0 Å². The number of nitrogens with zero attached hydrogens (tertiary/aromatic N) is 1. The van der Waals surface area contributed by atoms with Gasteiger partial charge in [0.2, 0.25) is 0 Å². The highest BCUT2D eigenvalue weighted by molar-refractivity contribution is 5.98. The Hall–Kier alpha value is -1.66. The zero-order valence-corrected chi connectivity index (χ0v) is 12.0. The van der Waals surface area contributed by atoms with Gasteiger partial charge in [0.15, 0.2) is 5.84 Å². The van der Waals surface area contributed by atoms with Crippen LogP contribution in [0.4, 0.5) is 4.39 Å². The standard InChI is InChI=1S/C15H22FN3O2/c16-12-5-4-11(13(8-12)14(17)19-21)9-18-10-15(20)6-2-1-3-7-15/h4-5,8,18,20-21H,1-3,6-7,9-10H2,(H2,17,19). The lowest BCUT2D eigenvalue weighted by Crippen LogP contribution is -2.42. The van der Waals surface area contributed by atoms with Crippen molar-refractivity contribution in [2.24, 2.45) is 10.9 Å². The lowest BCUT2D eigenvalue weighted by molar-refractivity contribution is 0.00467. The number of benzene rings is 1. The van der Waals surface area contributed by atoms with Gasteiger partial charge in [-0.1, -0.05) is 30.5 Å². The summed E-state index contributed by atoms with van der Waals surface area (Å²) < 4.78 is 13.3. The van der Waals surface area contributed by atoms with Crippen LogP contribution in [-0.4, -0.2) is 28.3 Å². The SMILES string of the molecule is NC(=NO)c1cc(F)ccc1CNCC1(O)CCCCC1. The van der Waals surface area contributed by atoms with Crippen molar-refractivity contribution < 1.29 is 14.7 Å². The summed E-state index contributed by atoms with van der Waals surface area (Å²) in [7, 11) is 0. The van der Waals surface area contributed by atoms with Crippen molar-refractivity contribution in [3.8, 4) is 0 Å². The normalized spacial score (nSPS) is 18.7. The van der Waals surface area contributed by atoms with Crippen LogP contribution in [0.25, 0.3) is 0 Å². The molecule has 0 radical (unpaired) electrons. The van der Waals surface area contributed by atoms with Gasteiger partial charge in [0, 0.05) is 18.7 Å². The van der Waals surface area contributed by atoms with Gasteiger partial charge in [0.25, 0.3) is 0 Å². The van der Waals surface area contributed by atoms with Crippen LogP contribution in [0.1, 0.15) is 43.2 Å². The summed E-state index contributed by atoms with van der Waals surface area (Å²) >= 11 is 0. The molecular formula is C15H22FN3O2. The van der Waals surface area contributed by atoms with Crippen LogP contribution in [0.5, 0.6) is 0 Å². The molecule has 116 valence electrons. The van der Waals surface area contributed by atoms with E-state index >= 15 is 0 Å². The number of hydrogen-bond donors (Lipinski definition) is 4. The van der Waals surface area contributed by atoms with Gasteiger partial charge >= 0.3 is 0 Å². The van der Waals surface area contributed by atoms with Crippen molar-refractivity contribution in [1.82, 2.24) is 5.32 Å². The van der Waals surface area contributed by atoms with E-state index in [1.807, 2.05) is 0 Å². The van der Waals surface area contributed by atoms with E-state index in [1.54, 1.807) is 6.07 Å². The molecule has 1 fully saturated rings. The molecule has 1 aromatic rings. The molecule has 0 aromatic heterocycles. The Bertz CT molecular complexity index is 514. The third-order valence-electron chi connectivity index (χ3n) is 4.01. The van der Waals surface area contributed by atoms with E-state index in [2.05, 4.69) is 10.5 Å². The van der Waals surface area contributed by atoms with Crippen molar-refractivity contribution in [2.45, 2.75) is 44.2 Å². The second-order valence-corrected chi connectivity index (χ2v) is 5.68. The zero-order chi connectivity index (χ0) is 15.3. The van der Waals surface area contributed by atoms with Crippen LogP contribution in [0.2, 0.25) is 0 Å². The average Bonchev–Trinajstić information content (AvgIpc) is 2.48. The molecule has 0 aliphatic heterocycles. The van der Waals surface area contributed by atoms with Crippen molar-refractivity contribution in [2.75, 3.05) is 6.54 Å². The minimum absolute atomic E-state index is 0.123. The third-order valence-corrected chi connectivity index (χ3v) is 4.01. The fraction of sp³-hybridized carbons (Fsp3) is 0.533. The van der Waals surface area contributed by atoms with Crippen LogP contribution < -0.4 is 11.1 Å². The van der Waals surface area contributed by atoms with Gasteiger partial charge in [-0.25, -0.2) is 4.39 Å². The highest BCUT2D eigenvalue weighted by Crippen LogP contribution is 2.27. The van der Waals surface area contributed by atoms with Crippen molar-refractivity contribution in [3.63, 3.8) is 0 Å². The third kappa shape index (κ3) is 4.15. The molecule has 1 aliphatic carbocycles. The van der Waals surface area contributed by atoms with Crippen LogP contribution in [0.3, 0.4) is 0 Å². The van der Waals surface area contributed by atoms with E-state index in [0.717, 1.165) is 31.2 Å². The van der Waals surface area contributed by atoms with Gasteiger partial charge in [0.1, 0.15) is 5.82 Å². The molecule has 0 saturated heterocycles. The Labute approximate surface area is 123 Å². The van der Waals surface area contributed by atoms with E-state index in [4.69, 9.17) is 10.9 Å². The number of nitrogens with one attached hydrogen (secondary N) is 1. The second kappa shape index (κ2) is 6.87. The maximum Gasteiger partial charge on any atom is 0.170 e. The highest BCUT2D eigenvalue weighted by Gasteiger charge is 2.28. The Kier molecular flexibility index (Phi) is 5.14. The average molecular weight is 295 g/mol. The summed E-state index contributed by atoms with van der Waals surface area (Å²) in [5.41, 5.74) is 5.99. The van der Waals surface area contributed by atoms with Gasteiger partial charge in [0.05, 0.1) is 5.60 Å². The van der Waals surface area contributed by atoms with Crippen molar-refractivity contribution in [3.05, 3.63) is 35.1 Å². The van der Waals surface area contributed by atoms with E-state index in [0.29, 0.717) is 18.7 Å². The first kappa shape index (κ1) is 15.7. The summed E-state index contributed by atoms with van der Waals surface area (Å²) in [6, 6.07) is 4.17. The van der Waals surface area contributed by atoms with Crippen LogP contribution in [0.15, 0.2) is 23.4 Å². The minimum Gasteiger partial charge on any atom is -0.409 e. The zero-order valence-electron chi connectivity index (χ0n) is 12.0. The molecule has 0 unspecified atom stereocenters. The smallest absolute Gasteiger partial charge is 0.170 e. The predicted octanol–water partition coefficient (Wildman–Crippen LogP) is 1.70. The molecule has 5 N–H and O–H groups in total. The summed E-state index contributed by atoms with van der Waals surface area (Å²) in [4.78, 5) is 0. The van der Waals surface area contributed by atoms with Crippen molar-refractivity contribution >= 4 is 5.84 Å². The summed E-state index contributed by atoms with van der Waals surface area (Å²) in [6.45, 7) is 0.911. The van der Waals surface area contributed by atoms with Crippen LogP contribution >= 0.6 is 0 Å². The molecule has 1 saturated carbocycles. The molecular weight excluding hydrogens is 273 g/mol. The van der Waals surface area contributed by atoms with Crippen LogP contribution in [-0.2, 0) is 6.54 Å². The van der Waals surface area contributed by atoms with Gasteiger partial charge in [-0.15, -0.1) is 0 Å². The maximum atomic E-state index is 13.3. The number of aliphatic hydroxyl groups is 1. The van der Waals surface area contributed by atoms with Gasteiger partial charge in [-0.3, -0.25) is 0 Å². The second-order valence-electron chi connectivity index (χ2n) is 5.68. The Balaban J connectivity index is 2.00. The molecule has 0 atom stereocenters. The monoisotopic (exact) mass is 295 g/mol. The number of halogens is 1. The number of hydrogen-bond acceptors (Lipinski definition) is 4. The summed E-state index contributed by atoms with van der Waals surface area (Å²) in [5.74, 6) is -0.561. The number of rotatable bonds is 5. The largest absolute Gasteiger partial charge is 0.409 e. The minimum atomic E-state index is -0.658. The van der Waals surface area contributed by atoms with Crippen LogP contribution in [0, 0.1) is 5.82 Å². The lowest BCUT2D eigenvalue weighted by Gasteiger charge is -2.32.